The van der Waals surface area contributed by atoms with Crippen LogP contribution in [0.1, 0.15) is 26.7 Å². The second-order valence-electron chi connectivity index (χ2n) is 1.83. The van der Waals surface area contributed by atoms with Gasteiger partial charge in [0.15, 0.2) is 0 Å². The van der Waals surface area contributed by atoms with Gasteiger partial charge in [-0.15, -0.1) is 0 Å². The SMILES string of the molecule is C=[N+]1CCCC1.CC. The van der Waals surface area contributed by atoms with Crippen molar-refractivity contribution >= 4 is 6.72 Å². The van der Waals surface area contributed by atoms with Crippen molar-refractivity contribution in [2.45, 2.75) is 26.7 Å². The van der Waals surface area contributed by atoms with Gasteiger partial charge in [0.2, 0.25) is 0 Å². The van der Waals surface area contributed by atoms with Crippen LogP contribution in [-0.4, -0.2) is 24.4 Å². The number of hydrogen-bond acceptors (Lipinski definition) is 0. The van der Waals surface area contributed by atoms with Crippen LogP contribution in [0.4, 0.5) is 0 Å². The Morgan fingerprint density at radius 2 is 1.50 bits per heavy atom. The molecule has 0 atom stereocenters. The van der Waals surface area contributed by atoms with E-state index in [1.165, 1.54) is 25.9 Å². The monoisotopic (exact) mass is 114 g/mol. The third-order valence-corrected chi connectivity index (χ3v) is 1.20. The van der Waals surface area contributed by atoms with Crippen LogP contribution in [0.2, 0.25) is 0 Å². The van der Waals surface area contributed by atoms with Crippen LogP contribution in [-0.2, 0) is 0 Å². The topological polar surface area (TPSA) is 3.01 Å². The molecule has 0 unspecified atom stereocenters. The Labute approximate surface area is 52.0 Å². The summed E-state index contributed by atoms with van der Waals surface area (Å²) in [6, 6.07) is 0. The molecule has 0 amide bonds. The molecule has 8 heavy (non-hydrogen) atoms. The molecule has 1 heterocycles. The van der Waals surface area contributed by atoms with E-state index in [9.17, 15) is 0 Å². The lowest BCUT2D eigenvalue weighted by Gasteiger charge is -1.78. The van der Waals surface area contributed by atoms with Gasteiger partial charge in [-0.3, -0.25) is 0 Å². The van der Waals surface area contributed by atoms with E-state index in [2.05, 4.69) is 11.3 Å². The molecule has 1 heteroatoms. The molecule has 1 saturated heterocycles. The van der Waals surface area contributed by atoms with E-state index in [0.717, 1.165) is 0 Å². The van der Waals surface area contributed by atoms with Crippen LogP contribution in [0.15, 0.2) is 0 Å². The zero-order valence-electron chi connectivity index (χ0n) is 5.98. The zero-order chi connectivity index (χ0) is 6.41. The average molecular weight is 114 g/mol. The summed E-state index contributed by atoms with van der Waals surface area (Å²) < 4.78 is 2.11. The maximum Gasteiger partial charge on any atom is 0.142 e. The van der Waals surface area contributed by atoms with Gasteiger partial charge in [0.05, 0.1) is 0 Å². The summed E-state index contributed by atoms with van der Waals surface area (Å²) in [6.45, 7) is 10.2. The summed E-state index contributed by atoms with van der Waals surface area (Å²) in [5, 5.41) is 0. The summed E-state index contributed by atoms with van der Waals surface area (Å²) in [5.74, 6) is 0. The first kappa shape index (κ1) is 7.67. The van der Waals surface area contributed by atoms with E-state index in [-0.39, 0.29) is 0 Å². The normalized spacial score (nSPS) is 17.5. The second kappa shape index (κ2) is 4.82. The Balaban J connectivity index is 0.000000222. The van der Waals surface area contributed by atoms with Crippen molar-refractivity contribution in [1.29, 1.82) is 0 Å². The van der Waals surface area contributed by atoms with E-state index in [1.807, 2.05) is 13.8 Å². The molecule has 0 saturated carbocycles. The summed E-state index contributed by atoms with van der Waals surface area (Å²) in [4.78, 5) is 0. The van der Waals surface area contributed by atoms with Crippen LogP contribution in [0.5, 0.6) is 0 Å². The summed E-state index contributed by atoms with van der Waals surface area (Å²) in [7, 11) is 0. The molecule has 0 aromatic rings. The van der Waals surface area contributed by atoms with Crippen LogP contribution < -0.4 is 0 Å². The highest BCUT2D eigenvalue weighted by molar-refractivity contribution is 5.14. The minimum atomic E-state index is 1.21. The van der Waals surface area contributed by atoms with Crippen molar-refractivity contribution in [3.63, 3.8) is 0 Å². The predicted octanol–water partition coefficient (Wildman–Crippen LogP) is 1.52. The molecule has 1 aliphatic rings. The van der Waals surface area contributed by atoms with Crippen molar-refractivity contribution < 1.29 is 4.58 Å². The fourth-order valence-corrected chi connectivity index (χ4v) is 0.783. The minimum absolute atomic E-state index is 1.21. The first-order valence-electron chi connectivity index (χ1n) is 3.45. The molecular weight excluding hydrogens is 98.1 g/mol. The van der Waals surface area contributed by atoms with Gasteiger partial charge in [-0.1, -0.05) is 13.8 Å². The van der Waals surface area contributed by atoms with Crippen LogP contribution >= 0.6 is 0 Å². The Kier molecular flexibility index (Phi) is 4.62. The smallest absolute Gasteiger partial charge is 0.142 e. The molecule has 0 bridgehead atoms. The molecule has 48 valence electrons. The van der Waals surface area contributed by atoms with Crippen LogP contribution in [0.3, 0.4) is 0 Å². The van der Waals surface area contributed by atoms with Gasteiger partial charge >= 0.3 is 0 Å². The first-order valence-corrected chi connectivity index (χ1v) is 3.45. The van der Waals surface area contributed by atoms with E-state index in [4.69, 9.17) is 0 Å². The highest BCUT2D eigenvalue weighted by atomic mass is 15.0. The molecule has 1 nitrogen and oxygen atoms in total. The third kappa shape index (κ3) is 2.78. The van der Waals surface area contributed by atoms with Gasteiger partial charge in [-0.05, 0) is 0 Å². The van der Waals surface area contributed by atoms with Gasteiger partial charge in [0, 0.05) is 12.8 Å². The maximum atomic E-state index is 3.77. The Morgan fingerprint density at radius 3 is 1.62 bits per heavy atom. The first-order chi connectivity index (χ1) is 3.89. The van der Waals surface area contributed by atoms with E-state index in [0.29, 0.717) is 0 Å². The minimum Gasteiger partial charge on any atom is -0.242 e. The molecular formula is C7H16N+. The fraction of sp³-hybridized carbons (Fsp3) is 0.857. The van der Waals surface area contributed by atoms with Gasteiger partial charge in [0.25, 0.3) is 0 Å². The van der Waals surface area contributed by atoms with Crippen molar-refractivity contribution in [3.05, 3.63) is 0 Å². The number of rotatable bonds is 0. The molecule has 0 spiro atoms. The van der Waals surface area contributed by atoms with Gasteiger partial charge in [0.1, 0.15) is 19.8 Å². The van der Waals surface area contributed by atoms with Crippen LogP contribution in [0, 0.1) is 0 Å². The molecule has 0 radical (unpaired) electrons. The maximum absolute atomic E-state index is 3.77. The molecule has 0 aromatic heterocycles. The van der Waals surface area contributed by atoms with Crippen molar-refractivity contribution in [2.24, 2.45) is 0 Å². The zero-order valence-corrected chi connectivity index (χ0v) is 5.98. The van der Waals surface area contributed by atoms with E-state index >= 15 is 0 Å². The van der Waals surface area contributed by atoms with E-state index in [1.54, 1.807) is 0 Å². The number of nitrogens with zero attached hydrogens (tertiary/aromatic N) is 1. The van der Waals surface area contributed by atoms with Crippen molar-refractivity contribution in [2.75, 3.05) is 13.1 Å². The Morgan fingerprint density at radius 1 is 1.12 bits per heavy atom. The Bertz CT molecular complexity index is 58.8. The molecule has 0 aromatic carbocycles. The van der Waals surface area contributed by atoms with Crippen LogP contribution in [0.25, 0.3) is 0 Å². The van der Waals surface area contributed by atoms with Crippen molar-refractivity contribution in [1.82, 2.24) is 0 Å². The fourth-order valence-electron chi connectivity index (χ4n) is 0.783. The van der Waals surface area contributed by atoms with Gasteiger partial charge < -0.3 is 0 Å². The molecule has 0 N–H and O–H groups in total. The highest BCUT2D eigenvalue weighted by Gasteiger charge is 2.07. The van der Waals surface area contributed by atoms with E-state index < -0.39 is 0 Å². The lowest BCUT2D eigenvalue weighted by atomic mass is 10.4. The molecule has 0 aliphatic carbocycles. The lowest BCUT2D eigenvalue weighted by molar-refractivity contribution is -0.497. The largest absolute Gasteiger partial charge is 0.242 e. The highest BCUT2D eigenvalue weighted by Crippen LogP contribution is 1.97. The predicted molar refractivity (Wildman–Crippen MR) is 37.7 cm³/mol. The quantitative estimate of drug-likeness (QED) is 0.420. The number of hydrogen-bond donors (Lipinski definition) is 0. The standard InChI is InChI=1S/C5H10N.C2H6/c1-6-4-2-3-5-6;1-2/h1-5H2;1-2H3/q+1;. The Hall–Kier alpha value is -0.330. The lowest BCUT2D eigenvalue weighted by Crippen LogP contribution is -1.99. The summed E-state index contributed by atoms with van der Waals surface area (Å²) in [5.41, 5.74) is 0. The third-order valence-electron chi connectivity index (χ3n) is 1.20. The molecule has 1 aliphatic heterocycles. The van der Waals surface area contributed by atoms with Crippen molar-refractivity contribution in [3.8, 4) is 0 Å². The molecule has 1 rings (SSSR count). The average Bonchev–Trinajstić information content (AvgIpc) is 2.24. The summed E-state index contributed by atoms with van der Waals surface area (Å²) in [6.07, 6.45) is 2.70. The molecule has 1 fully saturated rings. The van der Waals surface area contributed by atoms with Gasteiger partial charge in [-0.25, -0.2) is 4.58 Å². The summed E-state index contributed by atoms with van der Waals surface area (Å²) >= 11 is 0. The van der Waals surface area contributed by atoms with Gasteiger partial charge in [-0.2, -0.15) is 0 Å². The second-order valence-corrected chi connectivity index (χ2v) is 1.83.